The van der Waals surface area contributed by atoms with E-state index in [9.17, 15) is 4.79 Å². The third-order valence-corrected chi connectivity index (χ3v) is 5.63. The third kappa shape index (κ3) is 4.35. The minimum atomic E-state index is -0.227. The summed E-state index contributed by atoms with van der Waals surface area (Å²) in [6.07, 6.45) is 5.64. The van der Waals surface area contributed by atoms with Crippen LogP contribution in [0.1, 0.15) is 49.4 Å². The van der Waals surface area contributed by atoms with Crippen LogP contribution in [0.5, 0.6) is 0 Å². The Balaban J connectivity index is 1.75. The van der Waals surface area contributed by atoms with Gasteiger partial charge in [-0.2, -0.15) is 0 Å². The number of halogens is 1. The number of carbonyl (C=O) groups is 1. The number of benzene rings is 2. The Morgan fingerprint density at radius 3 is 2.39 bits per heavy atom. The summed E-state index contributed by atoms with van der Waals surface area (Å²) in [5, 5.41) is 3.63. The van der Waals surface area contributed by atoms with Crippen LogP contribution in [0.15, 0.2) is 48.5 Å². The van der Waals surface area contributed by atoms with Gasteiger partial charge in [0.1, 0.15) is 16.9 Å². The zero-order valence-electron chi connectivity index (χ0n) is 17.6. The van der Waals surface area contributed by atoms with Gasteiger partial charge in [-0.15, -0.1) is 0 Å². The van der Waals surface area contributed by atoms with Crippen molar-refractivity contribution >= 4 is 45.5 Å². The SMILES string of the molecule is CCCCCCCNC(=O)c1c(N)n(-c2ccc(Cl)cc2)c2nc3ccccc3nc12. The van der Waals surface area contributed by atoms with Gasteiger partial charge in [0, 0.05) is 17.3 Å². The summed E-state index contributed by atoms with van der Waals surface area (Å²) < 4.78 is 1.77. The van der Waals surface area contributed by atoms with Crippen LogP contribution in [0, 0.1) is 0 Å². The van der Waals surface area contributed by atoms with E-state index in [1.807, 2.05) is 36.4 Å². The number of carbonyl (C=O) groups excluding carboxylic acids is 1. The van der Waals surface area contributed by atoms with Gasteiger partial charge in [-0.3, -0.25) is 9.36 Å². The molecule has 2 aromatic carbocycles. The Bertz CT molecular complexity index is 1220. The summed E-state index contributed by atoms with van der Waals surface area (Å²) in [5.41, 5.74) is 10.1. The fourth-order valence-electron chi connectivity index (χ4n) is 3.76. The molecule has 1 amide bonds. The maximum absolute atomic E-state index is 13.1. The van der Waals surface area contributed by atoms with E-state index in [1.54, 1.807) is 16.7 Å². The highest BCUT2D eigenvalue weighted by Gasteiger charge is 2.24. The van der Waals surface area contributed by atoms with E-state index in [-0.39, 0.29) is 5.91 Å². The molecular weight excluding hydrogens is 410 g/mol. The number of unbranched alkanes of at least 4 members (excludes halogenated alkanes) is 4. The highest BCUT2D eigenvalue weighted by Crippen LogP contribution is 2.31. The van der Waals surface area contributed by atoms with E-state index in [0.717, 1.165) is 29.6 Å². The molecule has 0 bridgehead atoms. The van der Waals surface area contributed by atoms with Crippen LogP contribution < -0.4 is 11.1 Å². The zero-order chi connectivity index (χ0) is 21.8. The minimum absolute atomic E-state index is 0.227. The Morgan fingerprint density at radius 2 is 1.68 bits per heavy atom. The molecule has 3 N–H and O–H groups in total. The lowest BCUT2D eigenvalue weighted by atomic mass is 10.1. The third-order valence-electron chi connectivity index (χ3n) is 5.38. The Hall–Kier alpha value is -3.12. The molecule has 6 nitrogen and oxygen atoms in total. The lowest BCUT2D eigenvalue weighted by Crippen LogP contribution is -2.25. The number of nitrogens with two attached hydrogens (primary N) is 1. The Morgan fingerprint density at radius 1 is 1.00 bits per heavy atom. The first-order chi connectivity index (χ1) is 15.1. The first-order valence-corrected chi connectivity index (χ1v) is 11.1. The van der Waals surface area contributed by atoms with Crippen molar-refractivity contribution < 1.29 is 4.79 Å². The van der Waals surface area contributed by atoms with E-state index in [4.69, 9.17) is 27.3 Å². The summed E-state index contributed by atoms with van der Waals surface area (Å²) >= 11 is 6.06. The van der Waals surface area contributed by atoms with Gasteiger partial charge in [-0.25, -0.2) is 9.97 Å². The maximum Gasteiger partial charge on any atom is 0.257 e. The summed E-state index contributed by atoms with van der Waals surface area (Å²) in [5.74, 6) is 0.0893. The van der Waals surface area contributed by atoms with Gasteiger partial charge in [-0.05, 0) is 42.8 Å². The van der Waals surface area contributed by atoms with Crippen LogP contribution in [0.4, 0.5) is 5.82 Å². The largest absolute Gasteiger partial charge is 0.384 e. The number of nitrogens with zero attached hydrogens (tertiary/aromatic N) is 3. The molecule has 160 valence electrons. The average molecular weight is 436 g/mol. The van der Waals surface area contributed by atoms with E-state index in [2.05, 4.69) is 12.2 Å². The number of hydrogen-bond donors (Lipinski definition) is 2. The van der Waals surface area contributed by atoms with Crippen molar-refractivity contribution in [2.24, 2.45) is 0 Å². The number of fused-ring (bicyclic) bond motifs is 2. The number of rotatable bonds is 8. The molecule has 0 fully saturated rings. The van der Waals surface area contributed by atoms with Crippen molar-refractivity contribution in [2.45, 2.75) is 39.0 Å². The molecule has 31 heavy (non-hydrogen) atoms. The summed E-state index contributed by atoms with van der Waals surface area (Å²) in [4.78, 5) is 22.6. The highest BCUT2D eigenvalue weighted by molar-refractivity contribution is 6.30. The minimum Gasteiger partial charge on any atom is -0.384 e. The zero-order valence-corrected chi connectivity index (χ0v) is 18.3. The Kier molecular flexibility index (Phi) is 6.37. The molecule has 0 unspecified atom stereocenters. The van der Waals surface area contributed by atoms with Crippen molar-refractivity contribution in [3.8, 4) is 5.69 Å². The van der Waals surface area contributed by atoms with Gasteiger partial charge >= 0.3 is 0 Å². The number of nitrogen functional groups attached to an aromatic ring is 1. The van der Waals surface area contributed by atoms with Gasteiger partial charge in [-0.1, -0.05) is 56.3 Å². The standard InChI is InChI=1S/C24H26ClN5O/c1-2-3-4-5-8-15-27-24(31)20-21-23(29-19-10-7-6-9-18(19)28-21)30(22(20)26)17-13-11-16(25)12-14-17/h6-7,9-14H,2-5,8,15,26H2,1H3,(H,27,31). The molecule has 0 saturated heterocycles. The van der Waals surface area contributed by atoms with Crippen molar-refractivity contribution in [2.75, 3.05) is 12.3 Å². The number of aromatic nitrogens is 3. The lowest BCUT2D eigenvalue weighted by Gasteiger charge is -2.08. The summed E-state index contributed by atoms with van der Waals surface area (Å²) in [7, 11) is 0. The van der Waals surface area contributed by atoms with Crippen molar-refractivity contribution in [1.29, 1.82) is 0 Å². The van der Waals surface area contributed by atoms with Gasteiger partial charge < -0.3 is 11.1 Å². The maximum atomic E-state index is 13.1. The van der Waals surface area contributed by atoms with Gasteiger partial charge in [0.05, 0.1) is 11.0 Å². The predicted octanol–water partition coefficient (Wildman–Crippen LogP) is 5.51. The molecule has 0 aliphatic carbocycles. The van der Waals surface area contributed by atoms with Crippen molar-refractivity contribution in [3.05, 3.63) is 59.1 Å². The number of anilines is 1. The second kappa shape index (κ2) is 9.35. The topological polar surface area (TPSA) is 85.8 Å². The van der Waals surface area contributed by atoms with Crippen LogP contribution in [0.25, 0.3) is 27.9 Å². The highest BCUT2D eigenvalue weighted by atomic mass is 35.5. The van der Waals surface area contributed by atoms with Crippen LogP contribution in [-0.4, -0.2) is 27.0 Å². The number of amides is 1. The normalized spacial score (nSPS) is 11.3. The molecule has 2 heterocycles. The molecule has 4 aromatic rings. The smallest absolute Gasteiger partial charge is 0.257 e. The quantitative estimate of drug-likeness (QED) is 0.357. The molecular formula is C24H26ClN5O. The second-order valence-electron chi connectivity index (χ2n) is 7.63. The lowest BCUT2D eigenvalue weighted by molar-refractivity contribution is 0.0955. The van der Waals surface area contributed by atoms with Crippen LogP contribution in [-0.2, 0) is 0 Å². The van der Waals surface area contributed by atoms with Crippen LogP contribution in [0.3, 0.4) is 0 Å². The predicted molar refractivity (Wildman–Crippen MR) is 127 cm³/mol. The fraction of sp³-hybridized carbons (Fsp3) is 0.292. The molecule has 0 aliphatic heterocycles. The van der Waals surface area contributed by atoms with E-state index < -0.39 is 0 Å². The summed E-state index contributed by atoms with van der Waals surface area (Å²) in [6, 6.07) is 14.9. The molecule has 0 atom stereocenters. The number of nitrogens with one attached hydrogen (secondary N) is 1. The molecule has 0 spiro atoms. The first-order valence-electron chi connectivity index (χ1n) is 10.7. The molecule has 7 heteroatoms. The van der Waals surface area contributed by atoms with Gasteiger partial charge in [0.25, 0.3) is 5.91 Å². The molecule has 2 aromatic heterocycles. The fourth-order valence-corrected chi connectivity index (χ4v) is 3.88. The average Bonchev–Trinajstić information content (AvgIpc) is 3.06. The Labute approximate surface area is 186 Å². The summed E-state index contributed by atoms with van der Waals surface area (Å²) in [6.45, 7) is 2.79. The van der Waals surface area contributed by atoms with Crippen LogP contribution in [0.2, 0.25) is 5.02 Å². The molecule has 0 saturated carbocycles. The van der Waals surface area contributed by atoms with Gasteiger partial charge in [0.15, 0.2) is 5.65 Å². The number of hydrogen-bond acceptors (Lipinski definition) is 4. The molecule has 0 aliphatic rings. The van der Waals surface area contributed by atoms with Crippen molar-refractivity contribution in [3.63, 3.8) is 0 Å². The van der Waals surface area contributed by atoms with Gasteiger partial charge in [0.2, 0.25) is 0 Å². The van der Waals surface area contributed by atoms with E-state index in [1.165, 1.54) is 19.3 Å². The molecule has 4 rings (SSSR count). The van der Waals surface area contributed by atoms with E-state index in [0.29, 0.717) is 34.1 Å². The number of para-hydroxylation sites is 2. The monoisotopic (exact) mass is 435 g/mol. The second-order valence-corrected chi connectivity index (χ2v) is 8.06. The van der Waals surface area contributed by atoms with E-state index >= 15 is 0 Å². The van der Waals surface area contributed by atoms with Crippen LogP contribution >= 0.6 is 11.6 Å². The first kappa shape index (κ1) is 21.1. The van der Waals surface area contributed by atoms with Crippen molar-refractivity contribution in [1.82, 2.24) is 19.9 Å². The molecule has 0 radical (unpaired) electrons.